The zero-order valence-electron chi connectivity index (χ0n) is 9.28. The molecule has 0 aromatic heterocycles. The Bertz CT molecular complexity index is 251. The van der Waals surface area contributed by atoms with Crippen molar-refractivity contribution in [2.75, 3.05) is 13.7 Å². The number of methoxy groups -OCH3 is 1. The lowest BCUT2D eigenvalue weighted by Crippen LogP contribution is -2.38. The fourth-order valence-corrected chi connectivity index (χ4v) is 1.61. The molecule has 3 heteroatoms. The maximum Gasteiger partial charge on any atom is 0.0629 e. The van der Waals surface area contributed by atoms with Crippen LogP contribution in [0.3, 0.4) is 0 Å². The molecule has 84 valence electrons. The molecule has 1 aromatic carbocycles. The van der Waals surface area contributed by atoms with Crippen molar-refractivity contribution in [1.82, 2.24) is 5.43 Å². The van der Waals surface area contributed by atoms with E-state index in [1.807, 2.05) is 6.07 Å². The van der Waals surface area contributed by atoms with E-state index in [-0.39, 0.29) is 6.04 Å². The van der Waals surface area contributed by atoms with Crippen molar-refractivity contribution >= 4 is 0 Å². The normalized spacial score (nSPS) is 12.7. The third kappa shape index (κ3) is 4.93. The van der Waals surface area contributed by atoms with Gasteiger partial charge < -0.3 is 4.74 Å². The van der Waals surface area contributed by atoms with Gasteiger partial charge in [-0.25, -0.2) is 0 Å². The van der Waals surface area contributed by atoms with Crippen molar-refractivity contribution in [2.24, 2.45) is 5.84 Å². The minimum atomic E-state index is 0.263. The SMILES string of the molecule is COCC(CCCc1ccccc1)NN. The molecule has 0 radical (unpaired) electrons. The summed E-state index contributed by atoms with van der Waals surface area (Å²) in [5.41, 5.74) is 4.14. The Morgan fingerprint density at radius 1 is 1.33 bits per heavy atom. The van der Waals surface area contributed by atoms with Crippen molar-refractivity contribution in [3.05, 3.63) is 35.9 Å². The van der Waals surface area contributed by atoms with Gasteiger partial charge in [0, 0.05) is 13.2 Å². The second-order valence-electron chi connectivity index (χ2n) is 3.70. The number of nitrogens with one attached hydrogen (secondary N) is 1. The van der Waals surface area contributed by atoms with Gasteiger partial charge in [0.05, 0.1) is 6.61 Å². The average Bonchev–Trinajstić information content (AvgIpc) is 2.29. The van der Waals surface area contributed by atoms with E-state index in [2.05, 4.69) is 29.7 Å². The summed E-state index contributed by atoms with van der Waals surface area (Å²) in [4.78, 5) is 0. The van der Waals surface area contributed by atoms with Crippen molar-refractivity contribution in [2.45, 2.75) is 25.3 Å². The van der Waals surface area contributed by atoms with E-state index >= 15 is 0 Å². The van der Waals surface area contributed by atoms with Crippen LogP contribution in [0.5, 0.6) is 0 Å². The first-order valence-corrected chi connectivity index (χ1v) is 5.36. The van der Waals surface area contributed by atoms with Gasteiger partial charge >= 0.3 is 0 Å². The lowest BCUT2D eigenvalue weighted by molar-refractivity contribution is 0.162. The predicted octanol–water partition coefficient (Wildman–Crippen LogP) is 1.49. The van der Waals surface area contributed by atoms with Gasteiger partial charge in [0.15, 0.2) is 0 Å². The molecular formula is C12H20N2O. The lowest BCUT2D eigenvalue weighted by atomic mass is 10.1. The number of nitrogens with two attached hydrogens (primary N) is 1. The molecule has 0 bridgehead atoms. The van der Waals surface area contributed by atoms with Crippen LogP contribution < -0.4 is 11.3 Å². The van der Waals surface area contributed by atoms with E-state index < -0.39 is 0 Å². The van der Waals surface area contributed by atoms with Crippen LogP contribution in [-0.4, -0.2) is 19.8 Å². The summed E-state index contributed by atoms with van der Waals surface area (Å²) in [6.07, 6.45) is 3.27. The number of hydrazine groups is 1. The molecule has 0 amide bonds. The molecule has 1 atom stereocenters. The molecule has 0 heterocycles. The smallest absolute Gasteiger partial charge is 0.0629 e. The largest absolute Gasteiger partial charge is 0.383 e. The van der Waals surface area contributed by atoms with Crippen LogP contribution in [0.25, 0.3) is 0 Å². The first kappa shape index (κ1) is 12.2. The quantitative estimate of drug-likeness (QED) is 0.527. The number of hydrogen-bond acceptors (Lipinski definition) is 3. The Labute approximate surface area is 91.6 Å². The fourth-order valence-electron chi connectivity index (χ4n) is 1.61. The summed E-state index contributed by atoms with van der Waals surface area (Å²) in [6.45, 7) is 0.672. The monoisotopic (exact) mass is 208 g/mol. The molecule has 3 N–H and O–H groups in total. The highest BCUT2D eigenvalue weighted by molar-refractivity contribution is 5.14. The molecule has 1 rings (SSSR count). The van der Waals surface area contributed by atoms with Crippen LogP contribution in [0, 0.1) is 0 Å². The topological polar surface area (TPSA) is 47.3 Å². The zero-order valence-corrected chi connectivity index (χ0v) is 9.28. The first-order valence-electron chi connectivity index (χ1n) is 5.36. The molecule has 0 aliphatic rings. The maximum absolute atomic E-state index is 5.41. The van der Waals surface area contributed by atoms with Gasteiger partial charge in [-0.3, -0.25) is 11.3 Å². The van der Waals surface area contributed by atoms with Crippen LogP contribution in [0.1, 0.15) is 18.4 Å². The van der Waals surface area contributed by atoms with Crippen LogP contribution in [0.2, 0.25) is 0 Å². The van der Waals surface area contributed by atoms with E-state index in [0.717, 1.165) is 19.3 Å². The van der Waals surface area contributed by atoms with E-state index in [1.54, 1.807) is 7.11 Å². The molecule has 15 heavy (non-hydrogen) atoms. The van der Waals surface area contributed by atoms with Gasteiger partial charge in [-0.1, -0.05) is 30.3 Å². The molecule has 0 aliphatic carbocycles. The van der Waals surface area contributed by atoms with Crippen molar-refractivity contribution in [3.63, 3.8) is 0 Å². The van der Waals surface area contributed by atoms with Crippen LogP contribution >= 0.6 is 0 Å². The third-order valence-electron chi connectivity index (χ3n) is 2.46. The number of benzene rings is 1. The summed E-state index contributed by atoms with van der Waals surface area (Å²) in [6, 6.07) is 10.8. The molecule has 1 aromatic rings. The van der Waals surface area contributed by atoms with Gasteiger partial charge in [-0.05, 0) is 24.8 Å². The van der Waals surface area contributed by atoms with Gasteiger partial charge in [0.2, 0.25) is 0 Å². The van der Waals surface area contributed by atoms with E-state index in [1.165, 1.54) is 5.56 Å². The lowest BCUT2D eigenvalue weighted by Gasteiger charge is -2.14. The highest BCUT2D eigenvalue weighted by atomic mass is 16.5. The fraction of sp³-hybridized carbons (Fsp3) is 0.500. The number of ether oxygens (including phenoxy) is 1. The standard InChI is InChI=1S/C12H20N2O/c1-15-10-12(14-13)9-5-8-11-6-3-2-4-7-11/h2-4,6-7,12,14H,5,8-10,13H2,1H3. The summed E-state index contributed by atoms with van der Waals surface area (Å²) in [7, 11) is 1.70. The second-order valence-corrected chi connectivity index (χ2v) is 3.70. The van der Waals surface area contributed by atoms with Gasteiger partial charge in [-0.2, -0.15) is 0 Å². The summed E-state index contributed by atoms with van der Waals surface area (Å²) >= 11 is 0. The van der Waals surface area contributed by atoms with Gasteiger partial charge in [0.25, 0.3) is 0 Å². The van der Waals surface area contributed by atoms with E-state index in [4.69, 9.17) is 10.6 Å². The molecular weight excluding hydrogens is 188 g/mol. The Morgan fingerprint density at radius 2 is 2.07 bits per heavy atom. The van der Waals surface area contributed by atoms with Crippen LogP contribution in [-0.2, 0) is 11.2 Å². The van der Waals surface area contributed by atoms with Gasteiger partial charge in [0.1, 0.15) is 0 Å². The second kappa shape index (κ2) is 7.40. The summed E-state index contributed by atoms with van der Waals surface area (Å²) in [5, 5.41) is 0. The molecule has 3 nitrogen and oxygen atoms in total. The molecule has 0 saturated heterocycles. The Kier molecular flexibility index (Phi) is 6.00. The Hall–Kier alpha value is -0.900. The van der Waals surface area contributed by atoms with Gasteiger partial charge in [-0.15, -0.1) is 0 Å². The minimum absolute atomic E-state index is 0.263. The van der Waals surface area contributed by atoms with Crippen molar-refractivity contribution in [1.29, 1.82) is 0 Å². The number of rotatable bonds is 7. The molecule has 0 spiro atoms. The average molecular weight is 208 g/mol. The highest BCUT2D eigenvalue weighted by Gasteiger charge is 2.04. The number of aryl methyl sites for hydroxylation is 1. The molecule has 0 aliphatic heterocycles. The highest BCUT2D eigenvalue weighted by Crippen LogP contribution is 2.06. The van der Waals surface area contributed by atoms with Crippen LogP contribution in [0.4, 0.5) is 0 Å². The third-order valence-corrected chi connectivity index (χ3v) is 2.46. The molecule has 1 unspecified atom stereocenters. The van der Waals surface area contributed by atoms with Crippen molar-refractivity contribution < 1.29 is 4.74 Å². The van der Waals surface area contributed by atoms with E-state index in [0.29, 0.717) is 6.61 Å². The molecule has 0 saturated carbocycles. The minimum Gasteiger partial charge on any atom is -0.383 e. The Morgan fingerprint density at radius 3 is 2.67 bits per heavy atom. The Balaban J connectivity index is 2.20. The molecule has 0 fully saturated rings. The maximum atomic E-state index is 5.41. The first-order chi connectivity index (χ1) is 7.36. The predicted molar refractivity (Wildman–Crippen MR) is 62.4 cm³/mol. The summed E-state index contributed by atoms with van der Waals surface area (Å²) in [5.74, 6) is 5.41. The number of hydrogen-bond donors (Lipinski definition) is 2. The van der Waals surface area contributed by atoms with E-state index in [9.17, 15) is 0 Å². The van der Waals surface area contributed by atoms with Crippen molar-refractivity contribution in [3.8, 4) is 0 Å². The summed E-state index contributed by atoms with van der Waals surface area (Å²) < 4.78 is 5.06. The zero-order chi connectivity index (χ0) is 10.9. The van der Waals surface area contributed by atoms with Crippen LogP contribution in [0.15, 0.2) is 30.3 Å².